The summed E-state index contributed by atoms with van der Waals surface area (Å²) in [4.78, 5) is 4.33. The van der Waals surface area contributed by atoms with Crippen LogP contribution in [0, 0.1) is 5.82 Å². The van der Waals surface area contributed by atoms with E-state index in [1.165, 1.54) is 12.1 Å². The summed E-state index contributed by atoms with van der Waals surface area (Å²) < 4.78 is 18.6. The van der Waals surface area contributed by atoms with Gasteiger partial charge in [-0.25, -0.2) is 4.39 Å². The fraction of sp³-hybridized carbons (Fsp3) is 0.0500. The maximum absolute atomic E-state index is 12.9. The molecule has 3 aromatic carbocycles. The van der Waals surface area contributed by atoms with Gasteiger partial charge in [-0.3, -0.25) is 4.99 Å². The monoisotopic (exact) mass is 305 g/mol. The van der Waals surface area contributed by atoms with E-state index >= 15 is 0 Å². The summed E-state index contributed by atoms with van der Waals surface area (Å²) in [6.45, 7) is 0.527. The second-order valence-electron chi connectivity index (χ2n) is 5.08. The molecule has 0 aliphatic rings. The van der Waals surface area contributed by atoms with Crippen molar-refractivity contribution >= 4 is 11.9 Å². The zero-order valence-corrected chi connectivity index (χ0v) is 12.5. The van der Waals surface area contributed by atoms with Gasteiger partial charge in [0.15, 0.2) is 0 Å². The summed E-state index contributed by atoms with van der Waals surface area (Å²) in [6, 6.07) is 23.8. The van der Waals surface area contributed by atoms with Gasteiger partial charge in [-0.05, 0) is 47.5 Å². The van der Waals surface area contributed by atoms with Crippen LogP contribution in [0.4, 0.5) is 10.1 Å². The van der Waals surface area contributed by atoms with Crippen LogP contribution in [0.1, 0.15) is 11.1 Å². The second kappa shape index (κ2) is 7.36. The molecule has 0 N–H and O–H groups in total. The molecule has 0 amide bonds. The first-order chi connectivity index (χ1) is 11.3. The van der Waals surface area contributed by atoms with Gasteiger partial charge in [0.1, 0.15) is 18.2 Å². The third-order valence-corrected chi connectivity index (χ3v) is 3.30. The molecular formula is C20H16FNO. The number of nitrogens with zero attached hydrogens (tertiary/aromatic N) is 1. The smallest absolute Gasteiger partial charge is 0.123 e. The van der Waals surface area contributed by atoms with Crippen molar-refractivity contribution in [1.29, 1.82) is 0 Å². The van der Waals surface area contributed by atoms with Crippen molar-refractivity contribution in [3.05, 3.63) is 95.8 Å². The zero-order chi connectivity index (χ0) is 15.9. The lowest BCUT2D eigenvalue weighted by Crippen LogP contribution is -1.95. The Morgan fingerprint density at radius 2 is 1.65 bits per heavy atom. The van der Waals surface area contributed by atoms with Crippen molar-refractivity contribution in [3.8, 4) is 5.75 Å². The quantitative estimate of drug-likeness (QED) is 0.597. The SMILES string of the molecule is Fc1ccc(N=Cc2cccc(OCc3ccccc3)c2)cc1. The Hall–Kier alpha value is -2.94. The first kappa shape index (κ1) is 15.0. The lowest BCUT2D eigenvalue weighted by Gasteiger charge is -2.06. The lowest BCUT2D eigenvalue weighted by molar-refractivity contribution is 0.306. The van der Waals surface area contributed by atoms with Crippen LogP contribution < -0.4 is 4.74 Å². The van der Waals surface area contributed by atoms with Crippen LogP contribution in [0.3, 0.4) is 0 Å². The Labute approximate surface area is 134 Å². The topological polar surface area (TPSA) is 21.6 Å². The molecule has 0 atom stereocenters. The molecule has 0 unspecified atom stereocenters. The van der Waals surface area contributed by atoms with E-state index in [4.69, 9.17) is 4.74 Å². The molecular weight excluding hydrogens is 289 g/mol. The molecule has 3 heteroatoms. The van der Waals surface area contributed by atoms with Gasteiger partial charge in [0, 0.05) is 6.21 Å². The molecule has 0 aliphatic heterocycles. The summed E-state index contributed by atoms with van der Waals surface area (Å²) >= 11 is 0. The Bertz CT molecular complexity index is 782. The van der Waals surface area contributed by atoms with Crippen molar-refractivity contribution < 1.29 is 9.13 Å². The van der Waals surface area contributed by atoms with Crippen molar-refractivity contribution in [1.82, 2.24) is 0 Å². The zero-order valence-electron chi connectivity index (χ0n) is 12.5. The summed E-state index contributed by atoms with van der Waals surface area (Å²) in [5, 5.41) is 0. The first-order valence-electron chi connectivity index (χ1n) is 7.36. The van der Waals surface area contributed by atoms with Gasteiger partial charge < -0.3 is 4.74 Å². The normalized spacial score (nSPS) is 10.8. The fourth-order valence-electron chi connectivity index (χ4n) is 2.10. The first-order valence-corrected chi connectivity index (χ1v) is 7.36. The van der Waals surface area contributed by atoms with Crippen LogP contribution >= 0.6 is 0 Å². The van der Waals surface area contributed by atoms with E-state index in [-0.39, 0.29) is 5.82 Å². The van der Waals surface area contributed by atoms with Crippen LogP contribution in [0.2, 0.25) is 0 Å². The third kappa shape index (κ3) is 4.51. The molecule has 23 heavy (non-hydrogen) atoms. The van der Waals surface area contributed by atoms with Crippen LogP contribution in [0.15, 0.2) is 83.9 Å². The highest BCUT2D eigenvalue weighted by atomic mass is 19.1. The Balaban J connectivity index is 1.66. The summed E-state index contributed by atoms with van der Waals surface area (Å²) in [7, 11) is 0. The van der Waals surface area contributed by atoms with Gasteiger partial charge in [-0.15, -0.1) is 0 Å². The average Bonchev–Trinajstić information content (AvgIpc) is 2.61. The highest BCUT2D eigenvalue weighted by Gasteiger charge is 1.97. The molecule has 114 valence electrons. The van der Waals surface area contributed by atoms with Crippen LogP contribution in [-0.2, 0) is 6.61 Å². The number of hydrogen-bond acceptors (Lipinski definition) is 2. The highest BCUT2D eigenvalue weighted by molar-refractivity contribution is 5.82. The Morgan fingerprint density at radius 1 is 0.870 bits per heavy atom. The van der Waals surface area contributed by atoms with Gasteiger partial charge in [0.2, 0.25) is 0 Å². The van der Waals surface area contributed by atoms with Crippen LogP contribution in [0.5, 0.6) is 5.75 Å². The summed E-state index contributed by atoms with van der Waals surface area (Å²) in [6.07, 6.45) is 1.74. The van der Waals surface area contributed by atoms with Gasteiger partial charge in [-0.2, -0.15) is 0 Å². The van der Waals surface area contributed by atoms with E-state index in [0.717, 1.165) is 16.9 Å². The predicted molar refractivity (Wildman–Crippen MR) is 90.9 cm³/mol. The number of aliphatic imine (C=N–C) groups is 1. The maximum Gasteiger partial charge on any atom is 0.123 e. The molecule has 0 aliphatic carbocycles. The predicted octanol–water partition coefficient (Wildman–Crippen LogP) is 5.16. The van der Waals surface area contributed by atoms with E-state index in [2.05, 4.69) is 4.99 Å². The van der Waals surface area contributed by atoms with Gasteiger partial charge >= 0.3 is 0 Å². The minimum absolute atomic E-state index is 0.264. The Morgan fingerprint density at radius 3 is 2.43 bits per heavy atom. The molecule has 0 spiro atoms. The number of hydrogen-bond donors (Lipinski definition) is 0. The van der Waals surface area contributed by atoms with Crippen molar-refractivity contribution in [3.63, 3.8) is 0 Å². The van der Waals surface area contributed by atoms with Crippen molar-refractivity contribution in [2.75, 3.05) is 0 Å². The summed E-state index contributed by atoms with van der Waals surface area (Å²) in [5.41, 5.74) is 2.76. The van der Waals surface area contributed by atoms with Crippen molar-refractivity contribution in [2.24, 2.45) is 4.99 Å². The second-order valence-corrected chi connectivity index (χ2v) is 5.08. The van der Waals surface area contributed by atoms with Gasteiger partial charge in [-0.1, -0.05) is 42.5 Å². The average molecular weight is 305 g/mol. The van der Waals surface area contributed by atoms with E-state index in [9.17, 15) is 4.39 Å². The number of halogens is 1. The van der Waals surface area contributed by atoms with E-state index in [1.54, 1.807) is 18.3 Å². The maximum atomic E-state index is 12.9. The minimum atomic E-state index is -0.264. The van der Waals surface area contributed by atoms with E-state index < -0.39 is 0 Å². The molecule has 0 heterocycles. The molecule has 2 nitrogen and oxygen atoms in total. The molecule has 3 rings (SSSR count). The van der Waals surface area contributed by atoms with Crippen molar-refractivity contribution in [2.45, 2.75) is 6.61 Å². The van der Waals surface area contributed by atoms with E-state index in [1.807, 2.05) is 54.6 Å². The molecule has 0 saturated carbocycles. The highest BCUT2D eigenvalue weighted by Crippen LogP contribution is 2.16. The number of rotatable bonds is 5. The molecule has 0 aromatic heterocycles. The molecule has 0 saturated heterocycles. The largest absolute Gasteiger partial charge is 0.489 e. The molecule has 3 aromatic rings. The summed E-state index contributed by atoms with van der Waals surface area (Å²) in [5.74, 6) is 0.525. The number of ether oxygens (including phenoxy) is 1. The van der Waals surface area contributed by atoms with Crippen LogP contribution in [0.25, 0.3) is 0 Å². The standard InChI is InChI=1S/C20H16FNO/c21-18-9-11-19(12-10-18)22-14-17-7-4-8-20(13-17)23-15-16-5-2-1-3-6-16/h1-14H,15H2. The number of benzene rings is 3. The van der Waals surface area contributed by atoms with Crippen LogP contribution in [-0.4, -0.2) is 6.21 Å². The van der Waals surface area contributed by atoms with Gasteiger partial charge in [0.25, 0.3) is 0 Å². The molecule has 0 radical (unpaired) electrons. The molecule has 0 bridgehead atoms. The lowest BCUT2D eigenvalue weighted by atomic mass is 10.2. The minimum Gasteiger partial charge on any atom is -0.489 e. The fourth-order valence-corrected chi connectivity index (χ4v) is 2.10. The third-order valence-electron chi connectivity index (χ3n) is 3.30. The Kier molecular flexibility index (Phi) is 4.79. The van der Waals surface area contributed by atoms with Gasteiger partial charge in [0.05, 0.1) is 5.69 Å². The van der Waals surface area contributed by atoms with E-state index in [0.29, 0.717) is 12.3 Å². The molecule has 0 fully saturated rings.